The molecule has 4 rings (SSSR count). The molecule has 2 heterocycles. The van der Waals surface area contributed by atoms with Crippen LogP contribution >= 0.6 is 0 Å². The quantitative estimate of drug-likeness (QED) is 0.345. The van der Waals surface area contributed by atoms with E-state index in [-0.39, 0.29) is 28.5 Å². The highest BCUT2D eigenvalue weighted by atomic mass is 19.4. The molecule has 0 saturated heterocycles. The fourth-order valence-electron chi connectivity index (χ4n) is 4.23. The van der Waals surface area contributed by atoms with Crippen LogP contribution < -0.4 is 20.9 Å². The number of hydrogen-bond acceptors (Lipinski definition) is 6. The van der Waals surface area contributed by atoms with Crippen LogP contribution in [0.15, 0.2) is 59.5 Å². The largest absolute Gasteiger partial charge is 0.497 e. The van der Waals surface area contributed by atoms with Gasteiger partial charge in [-0.3, -0.25) is 14.2 Å². The molecule has 0 aliphatic carbocycles. The zero-order valence-electron chi connectivity index (χ0n) is 21.9. The number of pyridine rings is 1. The molecule has 0 fully saturated rings. The van der Waals surface area contributed by atoms with Gasteiger partial charge in [-0.05, 0) is 68.4 Å². The number of alkyl halides is 3. The minimum atomic E-state index is -4.59. The smallest absolute Gasteiger partial charge is 0.416 e. The van der Waals surface area contributed by atoms with E-state index in [1.165, 1.54) is 12.1 Å². The first kappa shape index (κ1) is 27.8. The normalized spacial score (nSPS) is 11.7. The van der Waals surface area contributed by atoms with Crippen LogP contribution in [0.5, 0.6) is 5.75 Å². The van der Waals surface area contributed by atoms with Gasteiger partial charge in [-0.2, -0.15) is 13.2 Å². The van der Waals surface area contributed by atoms with Crippen LogP contribution in [0.3, 0.4) is 0 Å². The molecular formula is C28H28F3N5O3. The number of ether oxygens (including phenoxy) is 1. The fraction of sp³-hybridized carbons (Fsp3) is 0.286. The van der Waals surface area contributed by atoms with Crippen molar-refractivity contribution in [3.63, 3.8) is 0 Å². The summed E-state index contributed by atoms with van der Waals surface area (Å²) in [5.41, 5.74) is 0.909. The number of nitrogens with one attached hydrogen (secondary N) is 2. The van der Waals surface area contributed by atoms with Gasteiger partial charge in [0, 0.05) is 29.9 Å². The highest BCUT2D eigenvalue weighted by Crippen LogP contribution is 2.32. The van der Waals surface area contributed by atoms with Crippen molar-refractivity contribution in [2.45, 2.75) is 39.2 Å². The van der Waals surface area contributed by atoms with Gasteiger partial charge in [0.05, 0.1) is 18.1 Å². The van der Waals surface area contributed by atoms with Crippen LogP contribution in [0.2, 0.25) is 0 Å². The van der Waals surface area contributed by atoms with Gasteiger partial charge in [-0.15, -0.1) is 0 Å². The number of carbonyl (C=O) groups is 1. The third kappa shape index (κ3) is 6.26. The Labute approximate surface area is 222 Å². The number of fused-ring (bicyclic) bond motifs is 1. The summed E-state index contributed by atoms with van der Waals surface area (Å²) in [6.45, 7) is 3.69. The first-order valence-corrected chi connectivity index (χ1v) is 12.2. The third-order valence-electron chi connectivity index (χ3n) is 5.93. The monoisotopic (exact) mass is 539 g/mol. The van der Waals surface area contributed by atoms with Crippen molar-refractivity contribution in [2.75, 3.05) is 14.2 Å². The number of rotatable bonds is 8. The van der Waals surface area contributed by atoms with Crippen LogP contribution in [0.4, 0.5) is 13.2 Å². The molecule has 2 aromatic carbocycles. The molecule has 2 N–H and O–H groups in total. The fourth-order valence-corrected chi connectivity index (χ4v) is 4.23. The summed E-state index contributed by atoms with van der Waals surface area (Å²) in [4.78, 5) is 35.2. The highest BCUT2D eigenvalue weighted by Gasteiger charge is 2.31. The van der Waals surface area contributed by atoms with Gasteiger partial charge < -0.3 is 15.4 Å². The Morgan fingerprint density at radius 2 is 1.85 bits per heavy atom. The van der Waals surface area contributed by atoms with E-state index >= 15 is 0 Å². The van der Waals surface area contributed by atoms with E-state index < -0.39 is 29.8 Å². The summed E-state index contributed by atoms with van der Waals surface area (Å²) < 4.78 is 46.8. The number of aromatic nitrogens is 3. The molecule has 0 bridgehead atoms. The van der Waals surface area contributed by atoms with Crippen molar-refractivity contribution < 1.29 is 22.7 Å². The van der Waals surface area contributed by atoms with Crippen LogP contribution in [-0.2, 0) is 24.1 Å². The predicted octanol–water partition coefficient (Wildman–Crippen LogP) is 4.40. The van der Waals surface area contributed by atoms with E-state index in [4.69, 9.17) is 4.74 Å². The number of carbonyl (C=O) groups excluding carboxylic acids is 1. The number of hydrogen-bond donors (Lipinski definition) is 2. The predicted molar refractivity (Wildman–Crippen MR) is 142 cm³/mol. The SMILES string of the molecule is CNCc1cc(OC)cc(-c2cnc3nc(-c4cccc(C(F)(F)F)c4)n(CC(=O)NC(C)C)c(=O)c3c2)c1. The molecule has 0 saturated carbocycles. The van der Waals surface area contributed by atoms with E-state index in [1.54, 1.807) is 39.3 Å². The summed E-state index contributed by atoms with van der Waals surface area (Å²) in [6, 6.07) is 11.5. The lowest BCUT2D eigenvalue weighted by Gasteiger charge is -2.16. The average Bonchev–Trinajstić information content (AvgIpc) is 2.89. The Balaban J connectivity index is 1.92. The topological polar surface area (TPSA) is 98.1 Å². The maximum atomic E-state index is 13.7. The van der Waals surface area contributed by atoms with E-state index in [0.29, 0.717) is 17.9 Å². The second-order valence-corrected chi connectivity index (χ2v) is 9.32. The van der Waals surface area contributed by atoms with Crippen molar-refractivity contribution in [1.82, 2.24) is 25.2 Å². The maximum Gasteiger partial charge on any atom is 0.416 e. The number of nitrogens with zero attached hydrogens (tertiary/aromatic N) is 3. The molecular weight excluding hydrogens is 511 g/mol. The molecule has 0 aliphatic heterocycles. The van der Waals surface area contributed by atoms with Crippen molar-refractivity contribution in [3.05, 3.63) is 76.2 Å². The van der Waals surface area contributed by atoms with Crippen LogP contribution in [0.25, 0.3) is 33.5 Å². The lowest BCUT2D eigenvalue weighted by Crippen LogP contribution is -2.37. The Bertz CT molecular complexity index is 1580. The first-order chi connectivity index (χ1) is 18.5. The number of halogens is 3. The summed E-state index contributed by atoms with van der Waals surface area (Å²) in [6.07, 6.45) is -3.05. The van der Waals surface area contributed by atoms with Crippen molar-refractivity contribution in [2.24, 2.45) is 0 Å². The third-order valence-corrected chi connectivity index (χ3v) is 5.93. The summed E-state index contributed by atoms with van der Waals surface area (Å²) in [5.74, 6) is 0.0594. The summed E-state index contributed by atoms with van der Waals surface area (Å²) in [7, 11) is 3.38. The molecule has 11 heteroatoms. The average molecular weight is 540 g/mol. The second-order valence-electron chi connectivity index (χ2n) is 9.32. The van der Waals surface area contributed by atoms with Crippen molar-refractivity contribution in [3.8, 4) is 28.3 Å². The standard InChI is InChI=1S/C28H28F3N5O3/c1-16(2)34-24(37)15-36-26(18-6-5-7-21(10-18)28(29,30)31)35-25-23(27(36)38)12-20(14-33-25)19-8-17(13-32-3)9-22(11-19)39-4/h5-12,14,16,32H,13,15H2,1-4H3,(H,34,37). The van der Waals surface area contributed by atoms with Gasteiger partial charge in [0.15, 0.2) is 5.65 Å². The molecule has 0 atom stereocenters. The molecule has 39 heavy (non-hydrogen) atoms. The highest BCUT2D eigenvalue weighted by molar-refractivity contribution is 5.83. The lowest BCUT2D eigenvalue weighted by molar-refractivity contribution is -0.137. The molecule has 0 spiro atoms. The van der Waals surface area contributed by atoms with Gasteiger partial charge in [0.25, 0.3) is 5.56 Å². The second kappa shape index (κ2) is 11.2. The van der Waals surface area contributed by atoms with E-state index in [1.807, 2.05) is 19.2 Å². The molecule has 0 radical (unpaired) electrons. The Morgan fingerprint density at radius 1 is 1.08 bits per heavy atom. The van der Waals surface area contributed by atoms with E-state index in [2.05, 4.69) is 20.6 Å². The van der Waals surface area contributed by atoms with Crippen molar-refractivity contribution >= 4 is 16.9 Å². The number of amides is 1. The Kier molecular flexibility index (Phi) is 8.01. The van der Waals surface area contributed by atoms with Gasteiger partial charge in [0.1, 0.15) is 18.1 Å². The minimum absolute atomic E-state index is 0.0385. The Morgan fingerprint density at radius 3 is 2.51 bits per heavy atom. The molecule has 2 aromatic heterocycles. The van der Waals surface area contributed by atoms with Crippen LogP contribution in [0, 0.1) is 0 Å². The molecule has 0 unspecified atom stereocenters. The van der Waals surface area contributed by atoms with Crippen LogP contribution in [-0.4, -0.2) is 40.6 Å². The molecule has 0 aliphatic rings. The molecule has 204 valence electrons. The van der Waals surface area contributed by atoms with E-state index in [9.17, 15) is 22.8 Å². The maximum absolute atomic E-state index is 13.7. The van der Waals surface area contributed by atoms with Crippen LogP contribution in [0.1, 0.15) is 25.0 Å². The zero-order valence-corrected chi connectivity index (χ0v) is 21.9. The van der Waals surface area contributed by atoms with Gasteiger partial charge in [-0.25, -0.2) is 9.97 Å². The van der Waals surface area contributed by atoms with Gasteiger partial charge in [0.2, 0.25) is 5.91 Å². The summed E-state index contributed by atoms with van der Waals surface area (Å²) in [5, 5.41) is 5.91. The van der Waals surface area contributed by atoms with Gasteiger partial charge in [-0.1, -0.05) is 12.1 Å². The molecule has 4 aromatic rings. The van der Waals surface area contributed by atoms with Crippen molar-refractivity contribution in [1.29, 1.82) is 0 Å². The molecule has 8 nitrogen and oxygen atoms in total. The van der Waals surface area contributed by atoms with Gasteiger partial charge >= 0.3 is 6.18 Å². The summed E-state index contributed by atoms with van der Waals surface area (Å²) >= 11 is 0. The Hall–Kier alpha value is -4.25. The lowest BCUT2D eigenvalue weighted by atomic mass is 10.0. The van der Waals surface area contributed by atoms with E-state index in [0.717, 1.165) is 27.8 Å². The molecule has 1 amide bonds. The number of benzene rings is 2. The first-order valence-electron chi connectivity index (χ1n) is 12.2. The minimum Gasteiger partial charge on any atom is -0.497 e. The number of methoxy groups -OCH3 is 1. The zero-order chi connectivity index (χ0) is 28.3.